The summed E-state index contributed by atoms with van der Waals surface area (Å²) in [5, 5.41) is 0. The van der Waals surface area contributed by atoms with Gasteiger partial charge in [0.15, 0.2) is 0 Å². The fraction of sp³-hybridized carbons (Fsp3) is 0.933. The van der Waals surface area contributed by atoms with Gasteiger partial charge < -0.3 is 0 Å². The number of thiocarbonyl (C=S) groups is 2. The van der Waals surface area contributed by atoms with Crippen molar-refractivity contribution in [1.29, 1.82) is 0 Å². The third kappa shape index (κ3) is 29.1. The average Bonchev–Trinajstić information content (AvgIpc) is 2.83. The van der Waals surface area contributed by atoms with Gasteiger partial charge in [-0.3, -0.25) is 0 Å². The second kappa shape index (κ2) is 30.1. The van der Waals surface area contributed by atoms with Crippen molar-refractivity contribution in [2.45, 2.75) is 168 Å². The predicted molar refractivity (Wildman–Crippen MR) is 172 cm³/mol. The van der Waals surface area contributed by atoms with Crippen molar-refractivity contribution in [2.24, 2.45) is 0 Å². The van der Waals surface area contributed by atoms with E-state index in [0.717, 1.165) is 12.8 Å². The maximum atomic E-state index is 5.58. The third-order valence-electron chi connectivity index (χ3n) is 6.53. The van der Waals surface area contributed by atoms with Crippen molar-refractivity contribution in [3.8, 4) is 0 Å². The zero-order valence-corrected chi connectivity index (χ0v) is 26.3. The summed E-state index contributed by atoms with van der Waals surface area (Å²) in [6.07, 6.45) is 32.8. The Balaban J connectivity index is 3.28. The van der Waals surface area contributed by atoms with E-state index in [2.05, 4.69) is 13.8 Å². The van der Waals surface area contributed by atoms with Gasteiger partial charge in [0.1, 0.15) is 0 Å². The Bertz CT molecular complexity index is 396. The molecule has 0 rings (SSSR count). The molecule has 0 saturated heterocycles. The standard InChI is InChI=1S/C30H58S4/c1-3-5-7-9-11-13-15-17-19-23-27-33-29(31)25-21-22-26-30(32)34-28-24-20-18-16-14-12-10-8-6-4-2/h3-28H2,1-2H3. The van der Waals surface area contributed by atoms with E-state index in [9.17, 15) is 0 Å². The molecular weight excluding hydrogens is 489 g/mol. The summed E-state index contributed by atoms with van der Waals surface area (Å²) in [7, 11) is 0. The van der Waals surface area contributed by atoms with Crippen LogP contribution in [0, 0.1) is 0 Å². The molecule has 0 aliphatic rings. The summed E-state index contributed by atoms with van der Waals surface area (Å²) in [6.45, 7) is 4.58. The Morgan fingerprint density at radius 1 is 0.382 bits per heavy atom. The van der Waals surface area contributed by atoms with E-state index >= 15 is 0 Å². The van der Waals surface area contributed by atoms with Gasteiger partial charge in [-0.2, -0.15) is 0 Å². The molecule has 0 radical (unpaired) electrons. The third-order valence-corrected chi connectivity index (χ3v) is 9.69. The number of hydrogen-bond acceptors (Lipinski definition) is 4. The van der Waals surface area contributed by atoms with Crippen LogP contribution < -0.4 is 0 Å². The second-order valence-corrected chi connectivity index (χ2v) is 13.9. The van der Waals surface area contributed by atoms with E-state index in [0.29, 0.717) is 0 Å². The van der Waals surface area contributed by atoms with E-state index in [4.69, 9.17) is 24.4 Å². The zero-order chi connectivity index (χ0) is 25.0. The van der Waals surface area contributed by atoms with Gasteiger partial charge in [-0.1, -0.05) is 154 Å². The molecule has 0 aliphatic carbocycles. The largest absolute Gasteiger partial charge is 0.119 e. The Labute approximate surface area is 234 Å². The molecule has 0 heterocycles. The smallest absolute Gasteiger partial charge is 0.0478 e. The maximum absolute atomic E-state index is 5.58. The summed E-state index contributed by atoms with van der Waals surface area (Å²) >= 11 is 15.0. The first-order valence-corrected chi connectivity index (χ1v) is 17.8. The minimum absolute atomic E-state index is 1.10. The molecule has 0 aliphatic heterocycles. The quantitative estimate of drug-likeness (QED) is 0.0741. The molecule has 0 amide bonds. The first kappa shape index (κ1) is 34.9. The van der Waals surface area contributed by atoms with Crippen molar-refractivity contribution in [3.63, 3.8) is 0 Å². The molecule has 0 aromatic rings. The topological polar surface area (TPSA) is 0 Å². The molecule has 0 aromatic heterocycles. The molecule has 202 valence electrons. The van der Waals surface area contributed by atoms with Crippen molar-refractivity contribution < 1.29 is 0 Å². The van der Waals surface area contributed by atoms with Crippen LogP contribution in [0.25, 0.3) is 0 Å². The molecule has 0 aromatic carbocycles. The van der Waals surface area contributed by atoms with Crippen LogP contribution in [0.1, 0.15) is 168 Å². The molecule has 0 N–H and O–H groups in total. The Morgan fingerprint density at radius 3 is 0.941 bits per heavy atom. The fourth-order valence-electron chi connectivity index (χ4n) is 4.23. The van der Waals surface area contributed by atoms with Crippen LogP contribution in [0.3, 0.4) is 0 Å². The van der Waals surface area contributed by atoms with E-state index in [-0.39, 0.29) is 0 Å². The molecule has 0 fully saturated rings. The van der Waals surface area contributed by atoms with Crippen LogP contribution >= 0.6 is 48.0 Å². The Kier molecular flexibility index (Phi) is 30.9. The van der Waals surface area contributed by atoms with Crippen molar-refractivity contribution in [3.05, 3.63) is 0 Å². The molecule has 0 spiro atoms. The monoisotopic (exact) mass is 546 g/mol. The summed E-state index contributed by atoms with van der Waals surface area (Å²) < 4.78 is 2.44. The highest BCUT2D eigenvalue weighted by Gasteiger charge is 2.02. The lowest BCUT2D eigenvalue weighted by Gasteiger charge is -2.06. The Morgan fingerprint density at radius 2 is 0.647 bits per heavy atom. The highest BCUT2D eigenvalue weighted by molar-refractivity contribution is 8.23. The van der Waals surface area contributed by atoms with Crippen LogP contribution in [0.2, 0.25) is 0 Å². The van der Waals surface area contributed by atoms with Gasteiger partial charge in [0.05, 0.1) is 0 Å². The Hall–Kier alpha value is 0.880. The summed E-state index contributed by atoms with van der Waals surface area (Å²) in [4.78, 5) is 0. The second-order valence-electron chi connectivity index (χ2n) is 10.0. The van der Waals surface area contributed by atoms with Crippen LogP contribution in [0.5, 0.6) is 0 Å². The lowest BCUT2D eigenvalue weighted by atomic mass is 10.1. The lowest BCUT2D eigenvalue weighted by molar-refractivity contribution is 0.563. The van der Waals surface area contributed by atoms with Gasteiger partial charge >= 0.3 is 0 Å². The number of thioether (sulfide) groups is 2. The normalized spacial score (nSPS) is 11.2. The summed E-state index contributed by atoms with van der Waals surface area (Å²) in [5.41, 5.74) is 0. The highest BCUT2D eigenvalue weighted by atomic mass is 32.2. The zero-order valence-electron chi connectivity index (χ0n) is 23.0. The van der Waals surface area contributed by atoms with Crippen molar-refractivity contribution >= 4 is 56.4 Å². The van der Waals surface area contributed by atoms with Crippen LogP contribution in [-0.2, 0) is 0 Å². The molecule has 0 saturated carbocycles. The fourth-order valence-corrected chi connectivity index (χ4v) is 6.75. The summed E-state index contributed by atoms with van der Waals surface area (Å²) in [5.74, 6) is 2.45. The highest BCUT2D eigenvalue weighted by Crippen LogP contribution is 2.19. The van der Waals surface area contributed by atoms with Crippen LogP contribution in [-0.4, -0.2) is 19.9 Å². The first-order valence-electron chi connectivity index (χ1n) is 15.0. The number of unbranched alkanes of at least 4 members (excludes halogenated alkanes) is 19. The van der Waals surface area contributed by atoms with Crippen molar-refractivity contribution in [2.75, 3.05) is 11.5 Å². The minimum Gasteiger partial charge on any atom is -0.119 e. The van der Waals surface area contributed by atoms with Gasteiger partial charge in [-0.05, 0) is 50.0 Å². The van der Waals surface area contributed by atoms with E-state index in [1.165, 1.54) is 161 Å². The predicted octanol–water partition coefficient (Wildman–Crippen LogP) is 12.5. The molecule has 4 heteroatoms. The summed E-state index contributed by atoms with van der Waals surface area (Å²) in [6, 6.07) is 0. The maximum Gasteiger partial charge on any atom is 0.0478 e. The minimum atomic E-state index is 1.10. The molecule has 0 atom stereocenters. The molecular formula is C30H58S4. The SMILES string of the molecule is CCCCCCCCCCCCSC(=S)CCCCC(=S)SCCCCCCCCCCCC. The van der Waals surface area contributed by atoms with Crippen LogP contribution in [0.4, 0.5) is 0 Å². The molecule has 34 heavy (non-hydrogen) atoms. The van der Waals surface area contributed by atoms with Crippen molar-refractivity contribution in [1.82, 2.24) is 0 Å². The van der Waals surface area contributed by atoms with Gasteiger partial charge in [0.2, 0.25) is 0 Å². The lowest BCUT2D eigenvalue weighted by Crippen LogP contribution is -1.95. The van der Waals surface area contributed by atoms with Gasteiger partial charge in [0.25, 0.3) is 0 Å². The average molecular weight is 547 g/mol. The number of rotatable bonds is 27. The van der Waals surface area contributed by atoms with Gasteiger partial charge in [-0.25, -0.2) is 0 Å². The molecule has 0 nitrogen and oxygen atoms in total. The van der Waals surface area contributed by atoms with Gasteiger partial charge in [-0.15, -0.1) is 23.5 Å². The number of hydrogen-bond donors (Lipinski definition) is 0. The van der Waals surface area contributed by atoms with E-state index in [1.54, 1.807) is 0 Å². The first-order chi connectivity index (χ1) is 16.7. The molecule has 0 unspecified atom stereocenters. The van der Waals surface area contributed by atoms with E-state index < -0.39 is 0 Å². The van der Waals surface area contributed by atoms with Crippen LogP contribution in [0.15, 0.2) is 0 Å². The molecule has 0 bridgehead atoms. The van der Waals surface area contributed by atoms with E-state index in [1.807, 2.05) is 23.5 Å². The van der Waals surface area contributed by atoms with Gasteiger partial charge in [0, 0.05) is 8.39 Å².